The Morgan fingerprint density at radius 2 is 0.495 bits per heavy atom. The van der Waals surface area contributed by atoms with Crippen molar-refractivity contribution in [3.8, 4) is 0 Å². The third kappa shape index (κ3) is 76.6. The SMILES string of the molecule is CCCCCCCCCCCCCCCCCCCC(=O)OC[C@H](COP(=O)(O)OC[C@@H](O)COP(=O)(O)OC[C@@H](COC(=O)CCCCCCCCCCCCC)OC(=O)CCCCCCCCCCCCC(C)CC)OC(=O)CCCCCCCCCCCCCCCCCCCCC(C)C. The number of carbonyl (C=O) groups is 4. The molecule has 0 radical (unpaired) electrons. The summed E-state index contributed by atoms with van der Waals surface area (Å²) in [6, 6.07) is 0. The summed E-state index contributed by atoms with van der Waals surface area (Å²) in [6.45, 7) is 9.72. The lowest BCUT2D eigenvalue weighted by atomic mass is 9.99. The van der Waals surface area contributed by atoms with Crippen LogP contribution in [0.4, 0.5) is 0 Å². The molecule has 0 aliphatic carbocycles. The predicted molar refractivity (Wildman–Crippen MR) is 423 cm³/mol. The van der Waals surface area contributed by atoms with Crippen LogP contribution < -0.4 is 0 Å². The van der Waals surface area contributed by atoms with Gasteiger partial charge in [-0.15, -0.1) is 0 Å². The van der Waals surface area contributed by atoms with Crippen molar-refractivity contribution in [3.63, 3.8) is 0 Å². The molecule has 17 nitrogen and oxygen atoms in total. The minimum atomic E-state index is -4.96. The van der Waals surface area contributed by atoms with Crippen LogP contribution >= 0.6 is 15.6 Å². The maximum absolute atomic E-state index is 13.1. The maximum Gasteiger partial charge on any atom is 0.472 e. The van der Waals surface area contributed by atoms with Crippen LogP contribution in [0.15, 0.2) is 0 Å². The van der Waals surface area contributed by atoms with Crippen molar-refractivity contribution in [2.45, 2.75) is 464 Å². The number of rotatable bonds is 83. The predicted octanol–water partition coefficient (Wildman–Crippen LogP) is 25.5. The highest BCUT2D eigenvalue weighted by molar-refractivity contribution is 7.47. The first-order valence-corrected chi connectivity index (χ1v) is 46.5. The number of phosphoric acid groups is 2. The maximum atomic E-state index is 13.1. The van der Waals surface area contributed by atoms with Gasteiger partial charge in [-0.1, -0.05) is 395 Å². The number of ether oxygens (including phenoxy) is 4. The zero-order valence-corrected chi connectivity index (χ0v) is 69.4. The van der Waals surface area contributed by atoms with Crippen molar-refractivity contribution in [2.24, 2.45) is 11.8 Å². The molecule has 0 fully saturated rings. The molecule has 0 aromatic carbocycles. The summed E-state index contributed by atoms with van der Waals surface area (Å²) in [5.74, 6) is -0.480. The second-order valence-electron chi connectivity index (χ2n) is 30.9. The molecule has 0 rings (SSSR count). The zero-order chi connectivity index (χ0) is 75.6. The fourth-order valence-corrected chi connectivity index (χ4v) is 14.6. The van der Waals surface area contributed by atoms with Gasteiger partial charge in [-0.05, 0) is 37.5 Å². The number of unbranched alkanes of at least 4 members (excludes halogenated alkanes) is 52. The van der Waals surface area contributed by atoms with E-state index in [0.29, 0.717) is 25.7 Å². The monoisotopic (exact) mass is 1510 g/mol. The lowest BCUT2D eigenvalue weighted by molar-refractivity contribution is -0.161. The lowest BCUT2D eigenvalue weighted by Crippen LogP contribution is -2.30. The molecule has 0 saturated heterocycles. The van der Waals surface area contributed by atoms with Gasteiger partial charge in [0.2, 0.25) is 0 Å². The summed E-state index contributed by atoms with van der Waals surface area (Å²) in [5, 5.41) is 10.7. The third-order valence-electron chi connectivity index (χ3n) is 20.1. The van der Waals surface area contributed by atoms with E-state index in [1.807, 2.05) is 0 Å². The molecule has 6 atom stereocenters. The van der Waals surface area contributed by atoms with Crippen LogP contribution in [0.5, 0.6) is 0 Å². The highest BCUT2D eigenvalue weighted by atomic mass is 31.2. The van der Waals surface area contributed by atoms with Gasteiger partial charge >= 0.3 is 39.5 Å². The number of hydrogen-bond acceptors (Lipinski definition) is 15. The van der Waals surface area contributed by atoms with E-state index in [2.05, 4.69) is 41.5 Å². The summed E-state index contributed by atoms with van der Waals surface area (Å²) < 4.78 is 68.8. The molecular weight excluding hydrogens is 1340 g/mol. The highest BCUT2D eigenvalue weighted by Crippen LogP contribution is 2.45. The molecular formula is C84H164O17P2. The largest absolute Gasteiger partial charge is 0.472 e. The van der Waals surface area contributed by atoms with E-state index in [9.17, 15) is 43.2 Å². The van der Waals surface area contributed by atoms with Gasteiger partial charge in [0, 0.05) is 25.7 Å². The topological polar surface area (TPSA) is 237 Å². The molecule has 0 spiro atoms. The van der Waals surface area contributed by atoms with Gasteiger partial charge in [0.15, 0.2) is 12.2 Å². The Morgan fingerprint density at radius 3 is 0.738 bits per heavy atom. The molecule has 3 unspecified atom stereocenters. The number of aliphatic hydroxyl groups is 1. The molecule has 103 heavy (non-hydrogen) atoms. The molecule has 3 N–H and O–H groups in total. The molecule has 612 valence electrons. The molecule has 0 amide bonds. The van der Waals surface area contributed by atoms with Crippen molar-refractivity contribution < 1.29 is 80.2 Å². The highest BCUT2D eigenvalue weighted by Gasteiger charge is 2.30. The minimum Gasteiger partial charge on any atom is -0.462 e. The average molecular weight is 1510 g/mol. The number of aliphatic hydroxyl groups excluding tert-OH is 1. The third-order valence-corrected chi connectivity index (χ3v) is 22.0. The molecule has 0 aliphatic heterocycles. The minimum absolute atomic E-state index is 0.107. The fourth-order valence-electron chi connectivity index (χ4n) is 13.0. The summed E-state index contributed by atoms with van der Waals surface area (Å²) in [6.07, 6.45) is 66.5. The zero-order valence-electron chi connectivity index (χ0n) is 67.6. The first kappa shape index (κ1) is 101. The fraction of sp³-hybridized carbons (Fsp3) is 0.952. The number of carbonyl (C=O) groups excluding carboxylic acids is 4. The van der Waals surface area contributed by atoms with Crippen molar-refractivity contribution in [2.75, 3.05) is 39.6 Å². The van der Waals surface area contributed by atoms with E-state index in [1.54, 1.807) is 0 Å². The van der Waals surface area contributed by atoms with Crippen molar-refractivity contribution in [3.05, 3.63) is 0 Å². The summed E-state index contributed by atoms with van der Waals surface area (Å²) >= 11 is 0. The quantitative estimate of drug-likeness (QED) is 0.0222. The van der Waals surface area contributed by atoms with E-state index in [1.165, 1.54) is 263 Å². The van der Waals surface area contributed by atoms with Crippen LogP contribution in [-0.4, -0.2) is 96.7 Å². The molecule has 0 heterocycles. The van der Waals surface area contributed by atoms with Gasteiger partial charge in [0.1, 0.15) is 19.3 Å². The van der Waals surface area contributed by atoms with Gasteiger partial charge in [-0.3, -0.25) is 37.3 Å². The molecule has 0 aromatic rings. The number of hydrogen-bond donors (Lipinski definition) is 3. The van der Waals surface area contributed by atoms with E-state index in [4.69, 9.17) is 37.0 Å². The van der Waals surface area contributed by atoms with Gasteiger partial charge in [0.05, 0.1) is 26.4 Å². The first-order chi connectivity index (χ1) is 49.9. The molecule has 19 heteroatoms. The van der Waals surface area contributed by atoms with Gasteiger partial charge in [0.25, 0.3) is 0 Å². The Hall–Kier alpha value is -1.94. The number of esters is 4. The summed E-state index contributed by atoms with van der Waals surface area (Å²) in [5.41, 5.74) is 0. The molecule has 0 bridgehead atoms. The second-order valence-corrected chi connectivity index (χ2v) is 33.8. The molecule has 0 aromatic heterocycles. The first-order valence-electron chi connectivity index (χ1n) is 43.5. The Kier molecular flexibility index (Phi) is 74.1. The summed E-state index contributed by atoms with van der Waals surface area (Å²) in [7, 11) is -9.92. The Balaban J connectivity index is 5.24. The second kappa shape index (κ2) is 75.5. The lowest BCUT2D eigenvalue weighted by Gasteiger charge is -2.21. The summed E-state index contributed by atoms with van der Waals surface area (Å²) in [4.78, 5) is 73.1. The van der Waals surface area contributed by atoms with E-state index >= 15 is 0 Å². The van der Waals surface area contributed by atoms with Crippen LogP contribution in [0.2, 0.25) is 0 Å². The van der Waals surface area contributed by atoms with Gasteiger partial charge in [-0.25, -0.2) is 9.13 Å². The van der Waals surface area contributed by atoms with Gasteiger partial charge in [-0.2, -0.15) is 0 Å². The Morgan fingerprint density at radius 1 is 0.282 bits per heavy atom. The Labute approximate surface area is 632 Å². The standard InChI is InChI=1S/C84H164O17P2/c1-7-10-12-14-16-18-20-21-22-25-29-32-36-43-49-55-61-67-82(87)95-73-79(100-83(88)68-62-56-50-44-37-33-30-27-24-23-26-28-31-35-40-46-52-58-64-76(4)5)74-98-102(90,91)96-70-78(85)71-97-103(92,93)99-75-80(72-94-81(86)66-60-54-48-42-34-19-17-15-13-11-8-2)101-84(89)69-63-57-51-45-39-38-41-47-53-59-65-77(6)9-3/h76-80,85H,7-75H2,1-6H3,(H,90,91)(H,92,93)/t77?,78-,79-,80-/m1/s1. The van der Waals surface area contributed by atoms with E-state index in [0.717, 1.165) is 102 Å². The molecule has 0 saturated carbocycles. The molecule has 0 aliphatic rings. The van der Waals surface area contributed by atoms with Crippen molar-refractivity contribution >= 4 is 39.5 Å². The van der Waals surface area contributed by atoms with E-state index in [-0.39, 0.29) is 25.7 Å². The normalized spacial score (nSPS) is 14.1. The average Bonchev–Trinajstić information content (AvgIpc) is 0.920. The number of phosphoric ester groups is 2. The van der Waals surface area contributed by atoms with Crippen LogP contribution in [0.3, 0.4) is 0 Å². The van der Waals surface area contributed by atoms with E-state index < -0.39 is 97.5 Å². The van der Waals surface area contributed by atoms with Gasteiger partial charge < -0.3 is 33.8 Å². The van der Waals surface area contributed by atoms with Crippen LogP contribution in [0.1, 0.15) is 446 Å². The Bertz CT molecular complexity index is 1980. The smallest absolute Gasteiger partial charge is 0.462 e. The van der Waals surface area contributed by atoms with Crippen molar-refractivity contribution in [1.82, 2.24) is 0 Å². The van der Waals surface area contributed by atoms with Crippen LogP contribution in [0, 0.1) is 11.8 Å². The van der Waals surface area contributed by atoms with Crippen molar-refractivity contribution in [1.29, 1.82) is 0 Å². The van der Waals surface area contributed by atoms with Crippen LogP contribution in [-0.2, 0) is 65.4 Å². The van der Waals surface area contributed by atoms with Crippen LogP contribution in [0.25, 0.3) is 0 Å².